The Bertz CT molecular complexity index is 730. The highest BCUT2D eigenvalue weighted by molar-refractivity contribution is 5.80. The maximum absolute atomic E-state index is 12.6. The minimum atomic E-state index is -0.470. The van der Waals surface area contributed by atoms with Gasteiger partial charge in [-0.2, -0.15) is 0 Å². The third kappa shape index (κ3) is 5.78. The predicted octanol–water partition coefficient (Wildman–Crippen LogP) is 3.38. The molecule has 1 amide bonds. The van der Waals surface area contributed by atoms with Gasteiger partial charge in [-0.05, 0) is 71.1 Å². The normalized spacial score (nSPS) is 24.3. The van der Waals surface area contributed by atoms with Gasteiger partial charge in [0.25, 0.3) is 0 Å². The van der Waals surface area contributed by atoms with Crippen LogP contribution in [0.3, 0.4) is 0 Å². The number of phenolic OH excluding ortho intramolecular Hbond substituents is 1. The molecular formula is C22H34N4O3. The van der Waals surface area contributed by atoms with Crippen molar-refractivity contribution in [2.24, 2.45) is 4.99 Å². The molecule has 2 aliphatic heterocycles. The first-order valence-electron chi connectivity index (χ1n) is 10.6. The van der Waals surface area contributed by atoms with Crippen molar-refractivity contribution in [1.29, 1.82) is 0 Å². The van der Waals surface area contributed by atoms with Crippen molar-refractivity contribution in [2.45, 2.75) is 83.6 Å². The molecule has 2 bridgehead atoms. The van der Waals surface area contributed by atoms with Gasteiger partial charge in [-0.3, -0.25) is 0 Å². The number of hydrogen-bond donors (Lipinski definition) is 3. The monoisotopic (exact) mass is 402 g/mol. The number of hydrogen-bond acceptors (Lipinski definition) is 4. The molecule has 7 nitrogen and oxygen atoms in total. The molecule has 29 heavy (non-hydrogen) atoms. The van der Waals surface area contributed by atoms with E-state index in [2.05, 4.69) is 15.6 Å². The summed E-state index contributed by atoms with van der Waals surface area (Å²) in [5, 5.41) is 16.5. The first kappa shape index (κ1) is 21.3. The number of nitrogens with one attached hydrogen (secondary N) is 2. The first-order chi connectivity index (χ1) is 13.7. The van der Waals surface area contributed by atoms with E-state index in [0.717, 1.165) is 43.8 Å². The molecular weight excluding hydrogens is 368 g/mol. The summed E-state index contributed by atoms with van der Waals surface area (Å²) in [4.78, 5) is 19.2. The van der Waals surface area contributed by atoms with Crippen molar-refractivity contribution < 1.29 is 14.6 Å². The molecule has 0 saturated carbocycles. The molecule has 7 heteroatoms. The van der Waals surface area contributed by atoms with Crippen LogP contribution in [0.4, 0.5) is 4.79 Å². The highest BCUT2D eigenvalue weighted by atomic mass is 16.6. The molecule has 160 valence electrons. The van der Waals surface area contributed by atoms with Crippen LogP contribution in [0, 0.1) is 0 Å². The van der Waals surface area contributed by atoms with Crippen LogP contribution in [0.2, 0.25) is 0 Å². The largest absolute Gasteiger partial charge is 0.508 e. The van der Waals surface area contributed by atoms with E-state index in [-0.39, 0.29) is 30.0 Å². The van der Waals surface area contributed by atoms with Gasteiger partial charge >= 0.3 is 6.09 Å². The number of ether oxygens (including phenoxy) is 1. The zero-order valence-corrected chi connectivity index (χ0v) is 17.9. The standard InChI is InChI=1S/C22H34N4O3/c1-5-23-20(24-14-15-7-6-8-19(27)11-15)25-16-12-17-9-10-18(13-16)26(17)21(28)29-22(2,3)4/h6-8,11,16-18,27H,5,9-10,12-14H2,1-4H3,(H2,23,24,25). The van der Waals surface area contributed by atoms with Crippen molar-refractivity contribution in [3.63, 3.8) is 0 Å². The second-order valence-electron chi connectivity index (χ2n) is 8.95. The molecule has 0 aliphatic carbocycles. The number of carbonyl (C=O) groups excluding carboxylic acids is 1. The number of benzene rings is 1. The van der Waals surface area contributed by atoms with Crippen molar-refractivity contribution in [3.8, 4) is 5.75 Å². The Kier molecular flexibility index (Phi) is 6.55. The average molecular weight is 403 g/mol. The van der Waals surface area contributed by atoms with E-state index in [1.54, 1.807) is 12.1 Å². The Labute approximate surface area is 173 Å². The molecule has 0 spiro atoms. The molecule has 2 atom stereocenters. The minimum Gasteiger partial charge on any atom is -0.508 e. The number of phenols is 1. The van der Waals surface area contributed by atoms with E-state index in [1.165, 1.54) is 0 Å². The highest BCUT2D eigenvalue weighted by Gasteiger charge is 2.45. The molecule has 1 aromatic rings. The first-order valence-corrected chi connectivity index (χ1v) is 10.6. The number of carbonyl (C=O) groups is 1. The van der Waals surface area contributed by atoms with E-state index in [4.69, 9.17) is 4.74 Å². The molecule has 2 unspecified atom stereocenters. The van der Waals surface area contributed by atoms with Crippen LogP contribution < -0.4 is 10.6 Å². The number of aliphatic imine (C=N–C) groups is 1. The van der Waals surface area contributed by atoms with Gasteiger partial charge in [0.2, 0.25) is 0 Å². The highest BCUT2D eigenvalue weighted by Crippen LogP contribution is 2.36. The van der Waals surface area contributed by atoms with Crippen molar-refractivity contribution in [1.82, 2.24) is 15.5 Å². The second kappa shape index (κ2) is 8.93. The van der Waals surface area contributed by atoms with Gasteiger partial charge < -0.3 is 25.4 Å². The number of guanidine groups is 1. The summed E-state index contributed by atoms with van der Waals surface area (Å²) in [7, 11) is 0. The van der Waals surface area contributed by atoms with Crippen molar-refractivity contribution in [3.05, 3.63) is 29.8 Å². The Morgan fingerprint density at radius 3 is 2.55 bits per heavy atom. The van der Waals surface area contributed by atoms with Gasteiger partial charge in [0.15, 0.2) is 5.96 Å². The molecule has 3 rings (SSSR count). The van der Waals surface area contributed by atoms with Gasteiger partial charge in [-0.25, -0.2) is 9.79 Å². The fourth-order valence-corrected chi connectivity index (χ4v) is 4.25. The number of rotatable bonds is 4. The molecule has 0 radical (unpaired) electrons. The van der Waals surface area contributed by atoms with Gasteiger partial charge in [-0.1, -0.05) is 12.1 Å². The van der Waals surface area contributed by atoms with Gasteiger partial charge in [0.05, 0.1) is 6.54 Å². The zero-order chi connectivity index (χ0) is 21.0. The Hall–Kier alpha value is -2.44. The summed E-state index contributed by atoms with van der Waals surface area (Å²) < 4.78 is 5.62. The number of nitrogens with zero attached hydrogens (tertiary/aromatic N) is 2. The summed E-state index contributed by atoms with van der Waals surface area (Å²) in [6.07, 6.45) is 3.66. The van der Waals surface area contributed by atoms with Crippen LogP contribution in [0.1, 0.15) is 58.9 Å². The lowest BCUT2D eigenvalue weighted by atomic mass is 9.98. The van der Waals surface area contributed by atoms with Gasteiger partial charge in [0, 0.05) is 24.7 Å². The smallest absolute Gasteiger partial charge is 0.410 e. The van der Waals surface area contributed by atoms with Gasteiger partial charge in [0.1, 0.15) is 11.4 Å². The lowest BCUT2D eigenvalue weighted by molar-refractivity contribution is 0.00545. The van der Waals surface area contributed by atoms with E-state index in [0.29, 0.717) is 6.54 Å². The predicted molar refractivity (Wildman–Crippen MR) is 114 cm³/mol. The maximum atomic E-state index is 12.6. The summed E-state index contributed by atoms with van der Waals surface area (Å²) in [5.41, 5.74) is 0.490. The SMILES string of the molecule is CCNC(=NCc1cccc(O)c1)NC1CC2CCC(C1)N2C(=O)OC(C)(C)C. The topological polar surface area (TPSA) is 86.2 Å². The third-order valence-electron chi connectivity index (χ3n) is 5.35. The second-order valence-corrected chi connectivity index (χ2v) is 8.95. The zero-order valence-electron chi connectivity index (χ0n) is 17.9. The summed E-state index contributed by atoms with van der Waals surface area (Å²) in [5.74, 6) is 1.02. The van der Waals surface area contributed by atoms with Crippen molar-refractivity contribution >= 4 is 12.1 Å². The molecule has 0 aromatic heterocycles. The molecule has 2 aliphatic rings. The molecule has 1 aromatic carbocycles. The molecule has 2 saturated heterocycles. The average Bonchev–Trinajstić information content (AvgIpc) is 2.90. The number of aromatic hydroxyl groups is 1. The molecule has 3 N–H and O–H groups in total. The fourth-order valence-electron chi connectivity index (χ4n) is 4.25. The van der Waals surface area contributed by atoms with Crippen LogP contribution in [-0.2, 0) is 11.3 Å². The van der Waals surface area contributed by atoms with Gasteiger partial charge in [-0.15, -0.1) is 0 Å². The van der Waals surface area contributed by atoms with E-state index in [9.17, 15) is 9.90 Å². The quantitative estimate of drug-likeness (QED) is 0.531. The summed E-state index contributed by atoms with van der Waals surface area (Å²) in [6.45, 7) is 9.04. The summed E-state index contributed by atoms with van der Waals surface area (Å²) >= 11 is 0. The Balaban J connectivity index is 1.61. The maximum Gasteiger partial charge on any atom is 0.410 e. The van der Waals surface area contributed by atoms with Crippen LogP contribution in [0.25, 0.3) is 0 Å². The molecule has 2 heterocycles. The van der Waals surface area contributed by atoms with E-state index >= 15 is 0 Å². The van der Waals surface area contributed by atoms with E-state index in [1.807, 2.05) is 44.7 Å². The van der Waals surface area contributed by atoms with Crippen molar-refractivity contribution in [2.75, 3.05) is 6.54 Å². The minimum absolute atomic E-state index is 0.187. The number of piperidine rings is 1. The van der Waals surface area contributed by atoms with E-state index < -0.39 is 5.60 Å². The summed E-state index contributed by atoms with van der Waals surface area (Å²) in [6, 6.07) is 7.87. The van der Waals surface area contributed by atoms with Crippen LogP contribution in [-0.4, -0.2) is 52.3 Å². The lowest BCUT2D eigenvalue weighted by Crippen LogP contribution is -2.55. The lowest BCUT2D eigenvalue weighted by Gasteiger charge is -2.40. The van der Waals surface area contributed by atoms with Crippen LogP contribution >= 0.6 is 0 Å². The Morgan fingerprint density at radius 2 is 1.97 bits per heavy atom. The fraction of sp³-hybridized carbons (Fsp3) is 0.636. The van der Waals surface area contributed by atoms with Crippen LogP contribution in [0.5, 0.6) is 5.75 Å². The molecule has 2 fully saturated rings. The number of amides is 1. The number of fused-ring (bicyclic) bond motifs is 2. The Morgan fingerprint density at radius 1 is 1.28 bits per heavy atom. The third-order valence-corrected chi connectivity index (χ3v) is 5.35. The van der Waals surface area contributed by atoms with Crippen LogP contribution in [0.15, 0.2) is 29.3 Å².